The topological polar surface area (TPSA) is 82.2 Å². The maximum atomic E-state index is 11.7. The zero-order chi connectivity index (χ0) is 13.8. The maximum absolute atomic E-state index is 11.7. The van der Waals surface area contributed by atoms with Crippen LogP contribution in [-0.2, 0) is 11.8 Å². The fraction of sp³-hybridized carbons (Fsp3) is 0.231. The third-order valence-electron chi connectivity index (χ3n) is 2.52. The molecule has 1 heterocycles. The summed E-state index contributed by atoms with van der Waals surface area (Å²) < 4.78 is 6.99. The Morgan fingerprint density at radius 1 is 1.53 bits per heavy atom. The fourth-order valence-electron chi connectivity index (χ4n) is 1.66. The van der Waals surface area contributed by atoms with E-state index in [-0.39, 0.29) is 12.5 Å². The van der Waals surface area contributed by atoms with Crippen LogP contribution in [-0.4, -0.2) is 22.3 Å². The van der Waals surface area contributed by atoms with Crippen molar-refractivity contribution in [3.05, 3.63) is 36.2 Å². The van der Waals surface area contributed by atoms with Gasteiger partial charge in [-0.3, -0.25) is 9.48 Å². The number of aryl methyl sites for hydroxylation is 2. The van der Waals surface area contributed by atoms with Crippen LogP contribution in [0.4, 0.5) is 11.4 Å². The van der Waals surface area contributed by atoms with E-state index in [1.807, 2.05) is 6.92 Å². The quantitative estimate of drug-likeness (QED) is 0.812. The van der Waals surface area contributed by atoms with Gasteiger partial charge in [-0.25, -0.2) is 0 Å². The van der Waals surface area contributed by atoms with Crippen LogP contribution in [0.1, 0.15) is 5.69 Å². The second-order valence-corrected chi connectivity index (χ2v) is 4.21. The summed E-state index contributed by atoms with van der Waals surface area (Å²) in [6.07, 6.45) is 1.74. The number of benzene rings is 1. The summed E-state index contributed by atoms with van der Waals surface area (Å²) in [5.74, 6) is 0.330. The van der Waals surface area contributed by atoms with Crippen molar-refractivity contribution < 1.29 is 9.53 Å². The Balaban J connectivity index is 1.90. The summed E-state index contributed by atoms with van der Waals surface area (Å²) >= 11 is 0. The summed E-state index contributed by atoms with van der Waals surface area (Å²) in [4.78, 5) is 11.7. The van der Waals surface area contributed by atoms with Gasteiger partial charge in [0, 0.05) is 25.0 Å². The van der Waals surface area contributed by atoms with Crippen molar-refractivity contribution in [2.75, 3.05) is 17.7 Å². The summed E-state index contributed by atoms with van der Waals surface area (Å²) in [5, 5.41) is 6.88. The number of carbonyl (C=O) groups excluding carboxylic acids is 1. The number of nitrogens with zero attached hydrogens (tertiary/aromatic N) is 2. The Hall–Kier alpha value is -2.50. The molecule has 2 aromatic rings. The molecule has 0 fully saturated rings. The lowest BCUT2D eigenvalue weighted by Crippen LogP contribution is -2.20. The number of hydrogen-bond acceptors (Lipinski definition) is 4. The summed E-state index contributed by atoms with van der Waals surface area (Å²) in [6.45, 7) is 1.76. The Morgan fingerprint density at radius 3 is 2.95 bits per heavy atom. The molecule has 0 aliphatic carbocycles. The van der Waals surface area contributed by atoms with Gasteiger partial charge in [0.05, 0.1) is 11.4 Å². The number of nitrogen functional groups attached to an aromatic ring is 1. The zero-order valence-corrected chi connectivity index (χ0v) is 10.9. The van der Waals surface area contributed by atoms with Crippen molar-refractivity contribution >= 4 is 17.3 Å². The molecular formula is C13H16N4O2. The first-order chi connectivity index (χ1) is 9.04. The number of anilines is 2. The molecule has 1 aromatic carbocycles. The molecule has 0 unspecified atom stereocenters. The smallest absolute Gasteiger partial charge is 0.262 e. The van der Waals surface area contributed by atoms with Gasteiger partial charge in [0.1, 0.15) is 5.75 Å². The Morgan fingerprint density at radius 2 is 2.32 bits per heavy atom. The molecule has 2 rings (SSSR count). The third kappa shape index (κ3) is 3.48. The summed E-state index contributed by atoms with van der Waals surface area (Å²) in [7, 11) is 1.80. The van der Waals surface area contributed by atoms with E-state index in [9.17, 15) is 4.79 Å². The number of hydrogen-bond donors (Lipinski definition) is 2. The van der Waals surface area contributed by atoms with Gasteiger partial charge in [-0.2, -0.15) is 5.10 Å². The molecular weight excluding hydrogens is 244 g/mol. The molecule has 0 saturated heterocycles. The first kappa shape index (κ1) is 12.9. The number of amides is 1. The van der Waals surface area contributed by atoms with Crippen LogP contribution in [0.5, 0.6) is 5.75 Å². The first-order valence-corrected chi connectivity index (χ1v) is 5.83. The minimum absolute atomic E-state index is 0.0716. The zero-order valence-electron chi connectivity index (χ0n) is 10.9. The number of nitrogens with two attached hydrogens (primary N) is 1. The predicted octanol–water partition coefficient (Wildman–Crippen LogP) is 1.33. The van der Waals surface area contributed by atoms with Crippen LogP contribution in [0.2, 0.25) is 0 Å². The number of carbonyl (C=O) groups is 1. The van der Waals surface area contributed by atoms with Crippen LogP contribution < -0.4 is 15.8 Å². The molecule has 0 radical (unpaired) electrons. The van der Waals surface area contributed by atoms with E-state index < -0.39 is 0 Å². The lowest BCUT2D eigenvalue weighted by Gasteiger charge is -2.07. The summed E-state index contributed by atoms with van der Waals surface area (Å²) in [6, 6.07) is 6.95. The molecule has 0 aliphatic heterocycles. The van der Waals surface area contributed by atoms with E-state index in [1.165, 1.54) is 0 Å². The largest absolute Gasteiger partial charge is 0.484 e. The van der Waals surface area contributed by atoms with Crippen LogP contribution in [0, 0.1) is 6.92 Å². The number of nitrogens with one attached hydrogen (secondary N) is 1. The predicted molar refractivity (Wildman–Crippen MR) is 72.9 cm³/mol. The lowest BCUT2D eigenvalue weighted by atomic mass is 10.3. The molecule has 1 amide bonds. The normalized spacial score (nSPS) is 10.2. The highest BCUT2D eigenvalue weighted by atomic mass is 16.5. The van der Waals surface area contributed by atoms with Crippen LogP contribution in [0.15, 0.2) is 30.5 Å². The molecule has 0 bridgehead atoms. The fourth-order valence-corrected chi connectivity index (χ4v) is 1.66. The van der Waals surface area contributed by atoms with Crippen molar-refractivity contribution in [2.45, 2.75) is 6.92 Å². The monoisotopic (exact) mass is 260 g/mol. The summed E-state index contributed by atoms with van der Waals surface area (Å²) in [5.41, 5.74) is 7.67. The Labute approximate surface area is 111 Å². The molecule has 100 valence electrons. The van der Waals surface area contributed by atoms with Crippen molar-refractivity contribution in [2.24, 2.45) is 7.05 Å². The minimum Gasteiger partial charge on any atom is -0.484 e. The van der Waals surface area contributed by atoms with Gasteiger partial charge in [-0.15, -0.1) is 0 Å². The van der Waals surface area contributed by atoms with Crippen LogP contribution in [0.25, 0.3) is 0 Å². The Bertz CT molecular complexity index is 592. The number of rotatable bonds is 4. The molecule has 6 heteroatoms. The van der Waals surface area contributed by atoms with E-state index in [2.05, 4.69) is 10.4 Å². The van der Waals surface area contributed by atoms with Crippen LogP contribution in [0.3, 0.4) is 0 Å². The molecule has 3 N–H and O–H groups in total. The van der Waals surface area contributed by atoms with Gasteiger partial charge in [0.2, 0.25) is 0 Å². The average Bonchev–Trinajstić information content (AvgIpc) is 2.65. The molecule has 19 heavy (non-hydrogen) atoms. The maximum Gasteiger partial charge on any atom is 0.262 e. The van der Waals surface area contributed by atoms with Gasteiger partial charge in [-0.05, 0) is 19.1 Å². The van der Waals surface area contributed by atoms with Gasteiger partial charge < -0.3 is 15.8 Å². The highest BCUT2D eigenvalue weighted by Crippen LogP contribution is 2.15. The Kier molecular flexibility index (Phi) is 3.70. The molecule has 1 aromatic heterocycles. The SMILES string of the molecule is Cc1nn(C)cc1NC(=O)COc1cccc(N)c1. The second kappa shape index (κ2) is 5.43. The van der Waals surface area contributed by atoms with Gasteiger partial charge in [-0.1, -0.05) is 6.07 Å². The molecule has 0 atom stereocenters. The van der Waals surface area contributed by atoms with E-state index in [0.717, 1.165) is 5.69 Å². The van der Waals surface area contributed by atoms with Crippen molar-refractivity contribution in [1.29, 1.82) is 0 Å². The number of aromatic nitrogens is 2. The van der Waals surface area contributed by atoms with E-state index in [0.29, 0.717) is 17.1 Å². The lowest BCUT2D eigenvalue weighted by molar-refractivity contribution is -0.118. The first-order valence-electron chi connectivity index (χ1n) is 5.83. The molecule has 0 saturated carbocycles. The van der Waals surface area contributed by atoms with Crippen molar-refractivity contribution in [3.8, 4) is 5.75 Å². The standard InChI is InChI=1S/C13H16N4O2/c1-9-12(7-17(2)16-9)15-13(18)8-19-11-5-3-4-10(14)6-11/h3-7H,8,14H2,1-2H3,(H,15,18). The van der Waals surface area contributed by atoms with Crippen molar-refractivity contribution in [1.82, 2.24) is 9.78 Å². The van der Waals surface area contributed by atoms with Crippen molar-refractivity contribution in [3.63, 3.8) is 0 Å². The number of ether oxygens (including phenoxy) is 1. The van der Waals surface area contributed by atoms with E-state index in [1.54, 1.807) is 42.2 Å². The second-order valence-electron chi connectivity index (χ2n) is 4.21. The third-order valence-corrected chi connectivity index (χ3v) is 2.52. The van der Waals surface area contributed by atoms with E-state index >= 15 is 0 Å². The van der Waals surface area contributed by atoms with E-state index in [4.69, 9.17) is 10.5 Å². The molecule has 0 spiro atoms. The molecule has 6 nitrogen and oxygen atoms in total. The highest BCUT2D eigenvalue weighted by molar-refractivity contribution is 5.92. The highest BCUT2D eigenvalue weighted by Gasteiger charge is 2.08. The molecule has 0 aliphatic rings. The van der Waals surface area contributed by atoms with Gasteiger partial charge in [0.25, 0.3) is 5.91 Å². The van der Waals surface area contributed by atoms with Gasteiger partial charge >= 0.3 is 0 Å². The van der Waals surface area contributed by atoms with Gasteiger partial charge in [0.15, 0.2) is 6.61 Å². The minimum atomic E-state index is -0.237. The van der Waals surface area contributed by atoms with Crippen LogP contribution >= 0.6 is 0 Å². The average molecular weight is 260 g/mol.